The molecule has 8 heteroatoms. The molecule has 3 N–H and O–H groups in total. The maximum atomic E-state index is 13.3. The second kappa shape index (κ2) is 7.75. The zero-order chi connectivity index (χ0) is 19.5. The first kappa shape index (κ1) is 18.1. The van der Waals surface area contributed by atoms with Crippen molar-refractivity contribution in [2.45, 2.75) is 19.1 Å². The van der Waals surface area contributed by atoms with E-state index in [1.54, 1.807) is 19.2 Å². The van der Waals surface area contributed by atoms with Gasteiger partial charge in [-0.25, -0.2) is 9.38 Å². The maximum absolute atomic E-state index is 13.3. The number of hydrogen-bond acceptors (Lipinski definition) is 7. The van der Waals surface area contributed by atoms with E-state index >= 15 is 0 Å². The van der Waals surface area contributed by atoms with Gasteiger partial charge in [-0.15, -0.1) is 0 Å². The molecule has 1 fully saturated rings. The Hall–Kier alpha value is -3.29. The fourth-order valence-electron chi connectivity index (χ4n) is 3.43. The molecule has 2 aliphatic rings. The standard InChI is InChI=1S/C20H23FN6O/c1-28-17-6-4-5-16(13-17)27-19(23-15-9-7-14(21)8-10-15)24-18(22)25-20(27)26-11-2-3-12-26/h4-10,13,19,23H,2-3,11-12H2,1H3,(H2,22,24). The predicted octanol–water partition coefficient (Wildman–Crippen LogP) is 2.82. The first-order valence-electron chi connectivity index (χ1n) is 9.26. The molecular weight excluding hydrogens is 359 g/mol. The van der Waals surface area contributed by atoms with Crippen molar-refractivity contribution in [1.82, 2.24) is 4.90 Å². The molecule has 0 spiro atoms. The lowest BCUT2D eigenvalue weighted by atomic mass is 10.2. The number of ether oxygens (including phenoxy) is 1. The van der Waals surface area contributed by atoms with Crippen LogP contribution < -0.4 is 20.7 Å². The number of likely N-dealkylation sites (tertiary alicyclic amines) is 1. The van der Waals surface area contributed by atoms with E-state index in [9.17, 15) is 4.39 Å². The first-order chi connectivity index (χ1) is 13.6. The Balaban J connectivity index is 1.73. The molecule has 2 heterocycles. The van der Waals surface area contributed by atoms with Gasteiger partial charge < -0.3 is 20.7 Å². The van der Waals surface area contributed by atoms with Crippen molar-refractivity contribution in [1.29, 1.82) is 0 Å². The Morgan fingerprint density at radius 3 is 2.61 bits per heavy atom. The topological polar surface area (TPSA) is 78.5 Å². The van der Waals surface area contributed by atoms with Gasteiger partial charge in [0.05, 0.1) is 12.8 Å². The molecule has 1 saturated heterocycles. The van der Waals surface area contributed by atoms with Crippen molar-refractivity contribution >= 4 is 23.3 Å². The summed E-state index contributed by atoms with van der Waals surface area (Å²) in [5.74, 6) is 1.40. The number of methoxy groups -OCH3 is 1. The molecule has 4 rings (SSSR count). The van der Waals surface area contributed by atoms with E-state index in [0.717, 1.165) is 49.0 Å². The normalized spacial score (nSPS) is 19.3. The molecule has 28 heavy (non-hydrogen) atoms. The zero-order valence-corrected chi connectivity index (χ0v) is 15.7. The van der Waals surface area contributed by atoms with Crippen LogP contribution in [0.1, 0.15) is 12.8 Å². The minimum atomic E-state index is -0.523. The molecule has 1 atom stereocenters. The highest BCUT2D eigenvalue weighted by atomic mass is 19.1. The van der Waals surface area contributed by atoms with Crippen molar-refractivity contribution < 1.29 is 9.13 Å². The summed E-state index contributed by atoms with van der Waals surface area (Å²) >= 11 is 0. The molecule has 146 valence electrons. The van der Waals surface area contributed by atoms with Crippen LogP contribution in [0.4, 0.5) is 15.8 Å². The molecule has 2 aromatic carbocycles. The van der Waals surface area contributed by atoms with Gasteiger partial charge in [0.25, 0.3) is 0 Å². The largest absolute Gasteiger partial charge is 0.497 e. The molecule has 2 aliphatic heterocycles. The van der Waals surface area contributed by atoms with Gasteiger partial charge in [-0.3, -0.25) is 4.90 Å². The SMILES string of the molecule is COc1cccc(N2C(N3CCCC3)=NC(N)=NC2Nc2ccc(F)cc2)c1. The van der Waals surface area contributed by atoms with Gasteiger partial charge in [-0.05, 0) is 49.2 Å². The third-order valence-electron chi connectivity index (χ3n) is 4.79. The zero-order valence-electron chi connectivity index (χ0n) is 15.7. The average molecular weight is 382 g/mol. The number of rotatable bonds is 4. The molecule has 7 nitrogen and oxygen atoms in total. The lowest BCUT2D eigenvalue weighted by Crippen LogP contribution is -2.54. The fraction of sp³-hybridized carbons (Fsp3) is 0.300. The van der Waals surface area contributed by atoms with Gasteiger partial charge in [0.2, 0.25) is 18.2 Å². The van der Waals surface area contributed by atoms with Crippen LogP contribution in [0.15, 0.2) is 58.5 Å². The van der Waals surface area contributed by atoms with E-state index in [1.165, 1.54) is 12.1 Å². The van der Waals surface area contributed by atoms with Crippen LogP contribution in [0.2, 0.25) is 0 Å². The minimum Gasteiger partial charge on any atom is -0.497 e. The molecule has 0 bridgehead atoms. The van der Waals surface area contributed by atoms with E-state index in [2.05, 4.69) is 20.2 Å². The van der Waals surface area contributed by atoms with Gasteiger partial charge in [0.1, 0.15) is 11.6 Å². The van der Waals surface area contributed by atoms with E-state index in [-0.39, 0.29) is 11.8 Å². The first-order valence-corrected chi connectivity index (χ1v) is 9.26. The Morgan fingerprint density at radius 1 is 1.14 bits per heavy atom. The maximum Gasteiger partial charge on any atom is 0.222 e. The molecule has 0 aromatic heterocycles. The third-order valence-corrected chi connectivity index (χ3v) is 4.79. The molecular formula is C20H23FN6O. The molecule has 0 aliphatic carbocycles. The van der Waals surface area contributed by atoms with Gasteiger partial charge in [-0.2, -0.15) is 4.99 Å². The van der Waals surface area contributed by atoms with Gasteiger partial charge in [0.15, 0.2) is 0 Å². The summed E-state index contributed by atoms with van der Waals surface area (Å²) in [6.45, 7) is 1.83. The van der Waals surface area contributed by atoms with Crippen LogP contribution in [0, 0.1) is 5.82 Å². The van der Waals surface area contributed by atoms with Crippen molar-refractivity contribution in [2.75, 3.05) is 30.4 Å². The van der Waals surface area contributed by atoms with Crippen molar-refractivity contribution in [3.05, 3.63) is 54.3 Å². The Kier molecular flexibility index (Phi) is 5.01. The van der Waals surface area contributed by atoms with Crippen molar-refractivity contribution in [2.24, 2.45) is 15.7 Å². The Labute approximate surface area is 163 Å². The quantitative estimate of drug-likeness (QED) is 0.850. The number of nitrogens with zero attached hydrogens (tertiary/aromatic N) is 4. The van der Waals surface area contributed by atoms with Crippen molar-refractivity contribution in [3.8, 4) is 5.75 Å². The summed E-state index contributed by atoms with van der Waals surface area (Å²) in [6, 6.07) is 13.9. The number of nitrogens with two attached hydrogens (primary N) is 1. The number of halogens is 1. The monoisotopic (exact) mass is 382 g/mol. The predicted molar refractivity (Wildman–Crippen MR) is 109 cm³/mol. The van der Waals surface area contributed by atoms with Gasteiger partial charge in [-0.1, -0.05) is 6.07 Å². The van der Waals surface area contributed by atoms with Gasteiger partial charge in [0, 0.05) is 24.8 Å². The summed E-state index contributed by atoms with van der Waals surface area (Å²) in [5.41, 5.74) is 7.65. The molecule has 1 unspecified atom stereocenters. The van der Waals surface area contributed by atoms with Crippen LogP contribution in [-0.4, -0.2) is 43.3 Å². The van der Waals surface area contributed by atoms with Crippen LogP contribution in [0.3, 0.4) is 0 Å². The van der Waals surface area contributed by atoms with Crippen LogP contribution in [0.25, 0.3) is 0 Å². The summed E-state index contributed by atoms with van der Waals surface area (Å²) in [5, 5.41) is 3.32. The van der Waals surface area contributed by atoms with E-state index in [1.807, 2.05) is 29.2 Å². The summed E-state index contributed by atoms with van der Waals surface area (Å²) < 4.78 is 18.7. The summed E-state index contributed by atoms with van der Waals surface area (Å²) in [4.78, 5) is 13.2. The number of anilines is 2. The number of aliphatic imine (C=N–C) groups is 2. The smallest absolute Gasteiger partial charge is 0.222 e. The summed E-state index contributed by atoms with van der Waals surface area (Å²) in [7, 11) is 1.63. The van der Waals surface area contributed by atoms with Crippen LogP contribution in [-0.2, 0) is 0 Å². The number of hydrogen-bond donors (Lipinski definition) is 2. The molecule has 0 radical (unpaired) electrons. The van der Waals surface area contributed by atoms with Crippen molar-refractivity contribution in [3.63, 3.8) is 0 Å². The Bertz CT molecular complexity index is 892. The number of nitrogens with one attached hydrogen (secondary N) is 1. The van der Waals surface area contributed by atoms with Crippen LogP contribution in [0.5, 0.6) is 5.75 Å². The summed E-state index contributed by atoms with van der Waals surface area (Å²) in [6.07, 6.45) is 1.70. The van der Waals surface area contributed by atoms with Crippen LogP contribution >= 0.6 is 0 Å². The van der Waals surface area contributed by atoms with Gasteiger partial charge >= 0.3 is 0 Å². The lowest BCUT2D eigenvalue weighted by Gasteiger charge is -2.38. The molecule has 0 amide bonds. The molecule has 0 saturated carbocycles. The van der Waals surface area contributed by atoms with E-state index in [0.29, 0.717) is 0 Å². The highest BCUT2D eigenvalue weighted by Gasteiger charge is 2.32. The number of benzene rings is 2. The second-order valence-electron chi connectivity index (χ2n) is 6.69. The highest BCUT2D eigenvalue weighted by molar-refractivity contribution is 6.06. The molecule has 2 aromatic rings. The lowest BCUT2D eigenvalue weighted by molar-refractivity contribution is 0.414. The highest BCUT2D eigenvalue weighted by Crippen LogP contribution is 2.28. The number of guanidine groups is 2. The van der Waals surface area contributed by atoms with E-state index < -0.39 is 6.29 Å². The van der Waals surface area contributed by atoms with E-state index in [4.69, 9.17) is 10.5 Å². The average Bonchev–Trinajstić information content (AvgIpc) is 3.24. The minimum absolute atomic E-state index is 0.209. The second-order valence-corrected chi connectivity index (χ2v) is 6.69. The fourth-order valence-corrected chi connectivity index (χ4v) is 3.43. The third kappa shape index (κ3) is 3.71. The Morgan fingerprint density at radius 2 is 1.89 bits per heavy atom.